The van der Waals surface area contributed by atoms with Crippen molar-refractivity contribution in [3.05, 3.63) is 94.6 Å². The molecule has 0 radical (unpaired) electrons. The highest BCUT2D eigenvalue weighted by Crippen LogP contribution is 2.17. The van der Waals surface area contributed by atoms with Gasteiger partial charge >= 0.3 is 0 Å². The number of rotatable bonds is 5. The van der Waals surface area contributed by atoms with Crippen molar-refractivity contribution in [2.75, 3.05) is 5.32 Å². The first-order valence-corrected chi connectivity index (χ1v) is 9.86. The zero-order chi connectivity index (χ0) is 22.5. The van der Waals surface area contributed by atoms with Gasteiger partial charge in [-0.1, -0.05) is 30.3 Å². The van der Waals surface area contributed by atoms with Crippen LogP contribution in [0.2, 0.25) is 0 Å². The van der Waals surface area contributed by atoms with E-state index in [9.17, 15) is 14.9 Å². The average molecular weight is 444 g/mol. The quantitative estimate of drug-likeness (QED) is 0.208. The number of fused-ring (bicyclic) bond motifs is 1. The number of nitro groups is 1. The first-order valence-electron chi connectivity index (χ1n) is 9.45. The number of nitrogens with one attached hydrogen (secondary N) is 2. The topological polar surface area (TPSA) is 115 Å². The molecule has 0 spiro atoms. The number of aromatic nitrogens is 3. The molecule has 0 atom stereocenters. The van der Waals surface area contributed by atoms with Crippen LogP contribution < -0.4 is 10.6 Å². The Balaban J connectivity index is 1.39. The summed E-state index contributed by atoms with van der Waals surface area (Å²) in [5.41, 5.74) is 3.35. The summed E-state index contributed by atoms with van der Waals surface area (Å²) in [4.78, 5) is 24.0. The SMILES string of the molecule is O=C(/C=C/c1cccc([N+](=O)[O-])c1)NC(=S)Nc1ccc2nn(-c3ccccc3)nc2c1. The van der Waals surface area contributed by atoms with E-state index in [1.165, 1.54) is 24.3 Å². The second kappa shape index (κ2) is 9.14. The van der Waals surface area contributed by atoms with Gasteiger partial charge in [0.15, 0.2) is 5.11 Å². The maximum absolute atomic E-state index is 12.1. The third-order valence-electron chi connectivity index (χ3n) is 4.37. The fraction of sp³-hybridized carbons (Fsp3) is 0. The van der Waals surface area contributed by atoms with Gasteiger partial charge in [0.1, 0.15) is 11.0 Å². The van der Waals surface area contributed by atoms with Crippen LogP contribution in [-0.4, -0.2) is 30.9 Å². The minimum absolute atomic E-state index is 0.0515. The molecule has 32 heavy (non-hydrogen) atoms. The van der Waals surface area contributed by atoms with E-state index in [1.54, 1.807) is 35.1 Å². The van der Waals surface area contributed by atoms with E-state index < -0.39 is 10.8 Å². The summed E-state index contributed by atoms with van der Waals surface area (Å²) in [6.45, 7) is 0. The number of benzene rings is 3. The standard InChI is InChI=1S/C22H16N6O3S/c29-21(12-9-15-5-4-8-18(13-15)28(30)31)24-22(32)23-16-10-11-19-20(14-16)26-27(25-19)17-6-2-1-3-7-17/h1-14H,(H2,23,24,29,32)/b12-9+. The Morgan fingerprint density at radius 3 is 2.56 bits per heavy atom. The second-order valence-electron chi connectivity index (χ2n) is 6.66. The molecule has 0 aliphatic heterocycles. The summed E-state index contributed by atoms with van der Waals surface area (Å²) in [7, 11) is 0. The highest BCUT2D eigenvalue weighted by atomic mass is 32.1. The Hall–Kier alpha value is -4.44. The number of hydrogen-bond donors (Lipinski definition) is 2. The molecule has 0 aliphatic carbocycles. The summed E-state index contributed by atoms with van der Waals surface area (Å²) < 4.78 is 0. The van der Waals surface area contributed by atoms with Crippen LogP contribution in [0.5, 0.6) is 0 Å². The van der Waals surface area contributed by atoms with E-state index in [0.29, 0.717) is 22.3 Å². The molecule has 0 bridgehead atoms. The van der Waals surface area contributed by atoms with Gasteiger partial charge in [0.05, 0.1) is 10.6 Å². The minimum atomic E-state index is -0.494. The molecule has 0 aliphatic rings. The summed E-state index contributed by atoms with van der Waals surface area (Å²) in [6, 6.07) is 20.9. The molecule has 9 nitrogen and oxygen atoms in total. The van der Waals surface area contributed by atoms with Gasteiger partial charge in [-0.3, -0.25) is 20.2 Å². The first-order chi connectivity index (χ1) is 15.5. The van der Waals surface area contributed by atoms with Gasteiger partial charge < -0.3 is 5.32 Å². The van der Waals surface area contributed by atoms with Crippen molar-refractivity contribution in [3.8, 4) is 5.69 Å². The van der Waals surface area contributed by atoms with E-state index in [1.807, 2.05) is 30.3 Å². The number of carbonyl (C=O) groups is 1. The lowest BCUT2D eigenvalue weighted by Crippen LogP contribution is -2.32. The Morgan fingerprint density at radius 1 is 1.00 bits per heavy atom. The van der Waals surface area contributed by atoms with Crippen LogP contribution >= 0.6 is 12.2 Å². The summed E-state index contributed by atoms with van der Waals surface area (Å²) in [5.74, 6) is -0.467. The monoisotopic (exact) mass is 444 g/mol. The third-order valence-corrected chi connectivity index (χ3v) is 4.57. The molecule has 2 N–H and O–H groups in total. The van der Waals surface area contributed by atoms with Crippen LogP contribution in [0.3, 0.4) is 0 Å². The molecule has 0 unspecified atom stereocenters. The number of thiocarbonyl (C=S) groups is 1. The molecule has 3 aromatic carbocycles. The lowest BCUT2D eigenvalue weighted by Gasteiger charge is -2.07. The van der Waals surface area contributed by atoms with E-state index in [-0.39, 0.29) is 10.8 Å². The van der Waals surface area contributed by atoms with Crippen molar-refractivity contribution >= 4 is 51.7 Å². The van der Waals surface area contributed by atoms with Crippen LogP contribution in [0.4, 0.5) is 11.4 Å². The lowest BCUT2D eigenvalue weighted by molar-refractivity contribution is -0.384. The number of para-hydroxylation sites is 1. The van der Waals surface area contributed by atoms with E-state index in [4.69, 9.17) is 12.2 Å². The summed E-state index contributed by atoms with van der Waals surface area (Å²) in [6.07, 6.45) is 2.72. The maximum atomic E-state index is 12.1. The summed E-state index contributed by atoms with van der Waals surface area (Å²) >= 11 is 5.20. The van der Waals surface area contributed by atoms with Crippen LogP contribution in [0.15, 0.2) is 78.9 Å². The molecule has 0 saturated carbocycles. The van der Waals surface area contributed by atoms with E-state index >= 15 is 0 Å². The number of carbonyl (C=O) groups excluding carboxylic acids is 1. The Kier molecular flexibility index (Phi) is 5.95. The molecule has 4 aromatic rings. The number of non-ortho nitro benzene ring substituents is 1. The third kappa shape index (κ3) is 4.99. The first kappa shape index (κ1) is 20.8. The van der Waals surface area contributed by atoms with Crippen molar-refractivity contribution in [3.63, 3.8) is 0 Å². The van der Waals surface area contributed by atoms with Gasteiger partial charge in [-0.05, 0) is 54.2 Å². The highest BCUT2D eigenvalue weighted by Gasteiger charge is 2.08. The van der Waals surface area contributed by atoms with E-state index in [2.05, 4.69) is 20.8 Å². The van der Waals surface area contributed by atoms with Gasteiger partial charge in [-0.2, -0.15) is 4.80 Å². The molecule has 1 heterocycles. The van der Waals surface area contributed by atoms with Gasteiger partial charge in [0, 0.05) is 23.9 Å². The van der Waals surface area contributed by atoms with Crippen LogP contribution in [0.25, 0.3) is 22.8 Å². The van der Waals surface area contributed by atoms with Crippen molar-refractivity contribution in [1.82, 2.24) is 20.3 Å². The Labute approximate surface area is 187 Å². The predicted molar refractivity (Wildman–Crippen MR) is 125 cm³/mol. The van der Waals surface area contributed by atoms with E-state index in [0.717, 1.165) is 5.69 Å². The number of hydrogen-bond acceptors (Lipinski definition) is 6. The number of amides is 1. The van der Waals surface area contributed by atoms with Gasteiger partial charge in [0.25, 0.3) is 5.69 Å². The smallest absolute Gasteiger partial charge is 0.270 e. The van der Waals surface area contributed by atoms with Gasteiger partial charge in [-0.15, -0.1) is 10.2 Å². The molecule has 0 saturated heterocycles. The average Bonchev–Trinajstić information content (AvgIpc) is 3.22. The number of nitrogens with zero attached hydrogens (tertiary/aromatic N) is 4. The maximum Gasteiger partial charge on any atom is 0.270 e. The zero-order valence-electron chi connectivity index (χ0n) is 16.5. The van der Waals surface area contributed by atoms with Crippen LogP contribution in [-0.2, 0) is 4.79 Å². The zero-order valence-corrected chi connectivity index (χ0v) is 17.3. The molecule has 1 aromatic heterocycles. The Bertz CT molecular complexity index is 1350. The number of anilines is 1. The van der Waals surface area contributed by atoms with Crippen molar-refractivity contribution < 1.29 is 9.72 Å². The summed E-state index contributed by atoms with van der Waals surface area (Å²) in [5, 5.41) is 25.3. The molecule has 1 amide bonds. The molecular formula is C22H16N6O3S. The Morgan fingerprint density at radius 2 is 1.78 bits per heavy atom. The van der Waals surface area contributed by atoms with Crippen LogP contribution in [0.1, 0.15) is 5.56 Å². The lowest BCUT2D eigenvalue weighted by atomic mass is 10.2. The molecular weight excluding hydrogens is 428 g/mol. The van der Waals surface area contributed by atoms with Gasteiger partial charge in [0.2, 0.25) is 5.91 Å². The van der Waals surface area contributed by atoms with Crippen LogP contribution in [0, 0.1) is 10.1 Å². The fourth-order valence-corrected chi connectivity index (χ4v) is 3.12. The normalized spacial score (nSPS) is 10.9. The number of nitro benzene ring substituents is 1. The van der Waals surface area contributed by atoms with Crippen molar-refractivity contribution in [2.45, 2.75) is 0 Å². The fourth-order valence-electron chi connectivity index (χ4n) is 2.90. The molecule has 4 rings (SSSR count). The predicted octanol–water partition coefficient (Wildman–Crippen LogP) is 3.86. The molecule has 10 heteroatoms. The second-order valence-corrected chi connectivity index (χ2v) is 7.07. The molecule has 0 fully saturated rings. The minimum Gasteiger partial charge on any atom is -0.332 e. The largest absolute Gasteiger partial charge is 0.332 e. The van der Waals surface area contributed by atoms with Crippen molar-refractivity contribution in [2.24, 2.45) is 0 Å². The van der Waals surface area contributed by atoms with Crippen molar-refractivity contribution in [1.29, 1.82) is 0 Å². The molecule has 158 valence electrons. The highest BCUT2D eigenvalue weighted by molar-refractivity contribution is 7.80. The van der Waals surface area contributed by atoms with Gasteiger partial charge in [-0.25, -0.2) is 0 Å².